The molecule has 1 aliphatic rings. The molecule has 0 amide bonds. The molecule has 0 spiro atoms. The molecule has 1 aliphatic carbocycles. The summed E-state index contributed by atoms with van der Waals surface area (Å²) in [7, 11) is 1.60. The van der Waals surface area contributed by atoms with Crippen LogP contribution in [0.25, 0.3) is 0 Å². The van der Waals surface area contributed by atoms with Crippen molar-refractivity contribution in [2.24, 2.45) is 5.92 Å². The third kappa shape index (κ3) is 2.15. The van der Waals surface area contributed by atoms with Gasteiger partial charge in [-0.15, -0.1) is 6.58 Å². The molecular weight excluding hydrogens is 140 g/mol. The van der Waals surface area contributed by atoms with Crippen molar-refractivity contribution in [3.63, 3.8) is 0 Å². The molecule has 1 unspecified atom stereocenters. The molecule has 0 saturated heterocycles. The molecule has 2 nitrogen and oxygen atoms in total. The van der Waals surface area contributed by atoms with E-state index in [4.69, 9.17) is 4.74 Å². The number of Topliss-reactive ketones (excluding diaryl/α,β-unsaturated/α-hetero) is 1. The monoisotopic (exact) mass is 154 g/mol. The summed E-state index contributed by atoms with van der Waals surface area (Å²) in [5, 5.41) is 0. The Balaban J connectivity index is 2.39. The number of hydrogen-bond donors (Lipinski definition) is 0. The van der Waals surface area contributed by atoms with Gasteiger partial charge in [0.25, 0.3) is 0 Å². The van der Waals surface area contributed by atoms with Crippen LogP contribution in [0.5, 0.6) is 0 Å². The second-order valence-corrected chi connectivity index (χ2v) is 2.95. The lowest BCUT2D eigenvalue weighted by atomic mass is 10.1. The lowest BCUT2D eigenvalue weighted by Crippen LogP contribution is -2.24. The van der Waals surface area contributed by atoms with Crippen LogP contribution in [-0.2, 0) is 9.53 Å². The maximum atomic E-state index is 11.3. The third-order valence-electron chi connectivity index (χ3n) is 1.97. The van der Waals surface area contributed by atoms with Gasteiger partial charge in [0.05, 0.1) is 0 Å². The Labute approximate surface area is 67.2 Å². The van der Waals surface area contributed by atoms with Crippen LogP contribution >= 0.6 is 0 Å². The van der Waals surface area contributed by atoms with E-state index < -0.39 is 0 Å². The van der Waals surface area contributed by atoms with Gasteiger partial charge in [0.15, 0.2) is 5.78 Å². The number of methoxy groups -OCH3 is 1. The van der Waals surface area contributed by atoms with Gasteiger partial charge in [-0.05, 0) is 18.8 Å². The summed E-state index contributed by atoms with van der Waals surface area (Å²) in [5.74, 6) is 0.664. The second-order valence-electron chi connectivity index (χ2n) is 2.95. The number of carbonyl (C=O) groups is 1. The summed E-state index contributed by atoms with van der Waals surface area (Å²) in [6, 6.07) is 0. The van der Waals surface area contributed by atoms with Crippen LogP contribution in [0, 0.1) is 5.92 Å². The van der Waals surface area contributed by atoms with Gasteiger partial charge < -0.3 is 4.74 Å². The molecule has 0 aromatic heterocycles. The molecule has 0 aromatic carbocycles. The van der Waals surface area contributed by atoms with Crippen LogP contribution in [0.4, 0.5) is 0 Å². The van der Waals surface area contributed by atoms with Crippen molar-refractivity contribution in [2.45, 2.75) is 25.4 Å². The summed E-state index contributed by atoms with van der Waals surface area (Å²) in [6.07, 6.45) is 4.20. The highest BCUT2D eigenvalue weighted by Gasteiger charge is 2.35. The summed E-state index contributed by atoms with van der Waals surface area (Å²) in [5.41, 5.74) is 0. The Kier molecular flexibility index (Phi) is 2.83. The average molecular weight is 154 g/mol. The van der Waals surface area contributed by atoms with E-state index in [-0.39, 0.29) is 11.9 Å². The number of ether oxygens (including phenoxy) is 1. The average Bonchev–Trinajstić information content (AvgIpc) is 2.73. The first-order valence-corrected chi connectivity index (χ1v) is 3.96. The zero-order valence-corrected chi connectivity index (χ0v) is 6.88. The van der Waals surface area contributed by atoms with Gasteiger partial charge in [-0.3, -0.25) is 4.79 Å². The molecule has 11 heavy (non-hydrogen) atoms. The number of ketones is 1. The SMILES string of the molecule is C=CCC(=O)C(OC)C1CC1. The quantitative estimate of drug-likeness (QED) is 0.562. The van der Waals surface area contributed by atoms with Crippen molar-refractivity contribution in [1.29, 1.82) is 0 Å². The minimum absolute atomic E-state index is 0.159. The molecule has 0 heterocycles. The van der Waals surface area contributed by atoms with Gasteiger partial charge in [0.2, 0.25) is 0 Å². The van der Waals surface area contributed by atoms with Crippen molar-refractivity contribution in [3.05, 3.63) is 12.7 Å². The van der Waals surface area contributed by atoms with Crippen LogP contribution in [0.1, 0.15) is 19.3 Å². The van der Waals surface area contributed by atoms with E-state index >= 15 is 0 Å². The molecule has 1 rings (SSSR count). The van der Waals surface area contributed by atoms with Crippen molar-refractivity contribution in [2.75, 3.05) is 7.11 Å². The number of rotatable bonds is 5. The number of hydrogen-bond acceptors (Lipinski definition) is 2. The normalized spacial score (nSPS) is 19.4. The fourth-order valence-electron chi connectivity index (χ4n) is 1.24. The minimum atomic E-state index is -0.159. The van der Waals surface area contributed by atoms with Crippen LogP contribution in [0.2, 0.25) is 0 Å². The molecule has 62 valence electrons. The molecule has 0 aromatic rings. The highest BCUT2D eigenvalue weighted by molar-refractivity contribution is 5.84. The number of carbonyl (C=O) groups excluding carboxylic acids is 1. The molecule has 0 bridgehead atoms. The molecule has 0 N–H and O–H groups in total. The first-order valence-electron chi connectivity index (χ1n) is 3.96. The zero-order valence-electron chi connectivity index (χ0n) is 6.88. The maximum absolute atomic E-state index is 11.3. The van der Waals surface area contributed by atoms with E-state index in [9.17, 15) is 4.79 Å². The first-order chi connectivity index (χ1) is 5.29. The Bertz CT molecular complexity index is 159. The molecular formula is C9H14O2. The summed E-state index contributed by atoms with van der Waals surface area (Å²) in [6.45, 7) is 3.52. The number of allylic oxidation sites excluding steroid dienone is 1. The standard InChI is InChI=1S/C9H14O2/c1-3-4-8(10)9(11-2)7-5-6-7/h3,7,9H,1,4-6H2,2H3. The van der Waals surface area contributed by atoms with Crippen molar-refractivity contribution < 1.29 is 9.53 Å². The van der Waals surface area contributed by atoms with Crippen molar-refractivity contribution in [1.82, 2.24) is 0 Å². The third-order valence-corrected chi connectivity index (χ3v) is 1.97. The van der Waals surface area contributed by atoms with E-state index in [0.717, 1.165) is 12.8 Å². The molecule has 1 fully saturated rings. The van der Waals surface area contributed by atoms with E-state index in [1.54, 1.807) is 13.2 Å². The van der Waals surface area contributed by atoms with Gasteiger partial charge in [0.1, 0.15) is 6.10 Å². The lowest BCUT2D eigenvalue weighted by molar-refractivity contribution is -0.129. The van der Waals surface area contributed by atoms with Crippen molar-refractivity contribution in [3.8, 4) is 0 Å². The Hall–Kier alpha value is -0.630. The minimum Gasteiger partial charge on any atom is -0.373 e. The van der Waals surface area contributed by atoms with E-state index in [1.165, 1.54) is 0 Å². The predicted octanol–water partition coefficient (Wildman–Crippen LogP) is 1.56. The predicted molar refractivity (Wildman–Crippen MR) is 43.3 cm³/mol. The second kappa shape index (κ2) is 3.67. The zero-order chi connectivity index (χ0) is 8.27. The Morgan fingerprint density at radius 2 is 2.45 bits per heavy atom. The first kappa shape index (κ1) is 8.47. The van der Waals surface area contributed by atoms with Gasteiger partial charge in [-0.1, -0.05) is 6.08 Å². The molecule has 1 saturated carbocycles. The largest absolute Gasteiger partial charge is 0.373 e. The van der Waals surface area contributed by atoms with Crippen molar-refractivity contribution >= 4 is 5.78 Å². The van der Waals surface area contributed by atoms with Crippen LogP contribution in [0.15, 0.2) is 12.7 Å². The van der Waals surface area contributed by atoms with Crippen LogP contribution in [0.3, 0.4) is 0 Å². The highest BCUT2D eigenvalue weighted by atomic mass is 16.5. The van der Waals surface area contributed by atoms with E-state index in [1.807, 2.05) is 0 Å². The summed E-state index contributed by atoms with van der Waals surface area (Å²) < 4.78 is 5.09. The van der Waals surface area contributed by atoms with E-state index in [2.05, 4.69) is 6.58 Å². The molecule has 0 aliphatic heterocycles. The van der Waals surface area contributed by atoms with Crippen LogP contribution in [-0.4, -0.2) is 19.0 Å². The highest BCUT2D eigenvalue weighted by Crippen LogP contribution is 2.34. The van der Waals surface area contributed by atoms with Gasteiger partial charge in [0, 0.05) is 13.5 Å². The molecule has 1 atom stereocenters. The fourth-order valence-corrected chi connectivity index (χ4v) is 1.24. The fraction of sp³-hybridized carbons (Fsp3) is 0.667. The van der Waals surface area contributed by atoms with E-state index in [0.29, 0.717) is 12.3 Å². The lowest BCUT2D eigenvalue weighted by Gasteiger charge is -2.10. The smallest absolute Gasteiger partial charge is 0.165 e. The maximum Gasteiger partial charge on any atom is 0.165 e. The summed E-state index contributed by atoms with van der Waals surface area (Å²) >= 11 is 0. The van der Waals surface area contributed by atoms with Crippen LogP contribution < -0.4 is 0 Å². The molecule has 2 heteroatoms. The van der Waals surface area contributed by atoms with Gasteiger partial charge in [-0.2, -0.15) is 0 Å². The topological polar surface area (TPSA) is 26.3 Å². The van der Waals surface area contributed by atoms with Gasteiger partial charge >= 0.3 is 0 Å². The Morgan fingerprint density at radius 1 is 1.82 bits per heavy atom. The summed E-state index contributed by atoms with van der Waals surface area (Å²) in [4.78, 5) is 11.3. The molecule has 0 radical (unpaired) electrons. The Morgan fingerprint density at radius 3 is 2.82 bits per heavy atom. The van der Waals surface area contributed by atoms with Gasteiger partial charge in [-0.25, -0.2) is 0 Å².